The predicted octanol–water partition coefficient (Wildman–Crippen LogP) is 2.67. The van der Waals surface area contributed by atoms with Gasteiger partial charge in [-0.05, 0) is 40.5 Å². The molecule has 0 aliphatic carbocycles. The van der Waals surface area contributed by atoms with E-state index < -0.39 is 15.8 Å². The molecule has 0 amide bonds. The van der Waals surface area contributed by atoms with Gasteiger partial charge in [0.15, 0.2) is 5.82 Å². The van der Waals surface area contributed by atoms with Crippen LogP contribution in [0.4, 0.5) is 10.2 Å². The predicted molar refractivity (Wildman–Crippen MR) is 72.9 cm³/mol. The number of aromatic nitrogens is 2. The first-order valence-electron chi connectivity index (χ1n) is 5.44. The van der Waals surface area contributed by atoms with E-state index in [4.69, 9.17) is 0 Å². The van der Waals surface area contributed by atoms with Gasteiger partial charge in [0.05, 0.1) is 9.37 Å². The van der Waals surface area contributed by atoms with Gasteiger partial charge in [-0.2, -0.15) is 5.10 Å². The molecule has 102 valence electrons. The van der Waals surface area contributed by atoms with E-state index >= 15 is 0 Å². The first-order valence-corrected chi connectivity index (χ1v) is 7.72. The number of halogens is 2. The van der Waals surface area contributed by atoms with E-state index in [1.165, 1.54) is 12.1 Å². The summed E-state index contributed by atoms with van der Waals surface area (Å²) in [4.78, 5) is -0.158. The number of aromatic amines is 1. The quantitative estimate of drug-likeness (QED) is 0.892. The van der Waals surface area contributed by atoms with Crippen LogP contribution in [0.5, 0.6) is 0 Å². The molecule has 1 heterocycles. The Morgan fingerprint density at radius 1 is 1.42 bits per heavy atom. The Bertz CT molecular complexity index is 700. The van der Waals surface area contributed by atoms with Crippen molar-refractivity contribution in [2.75, 3.05) is 4.72 Å². The SMILES string of the molecule is CCc1cc(NS(=O)(=O)c2ccc(Br)c(F)c2)n[nH]1. The minimum absolute atomic E-state index is 0.158. The third kappa shape index (κ3) is 3.13. The van der Waals surface area contributed by atoms with E-state index in [2.05, 4.69) is 30.8 Å². The number of benzene rings is 1. The van der Waals surface area contributed by atoms with E-state index in [0.29, 0.717) is 6.42 Å². The summed E-state index contributed by atoms with van der Waals surface area (Å²) >= 11 is 2.97. The van der Waals surface area contributed by atoms with Crippen molar-refractivity contribution in [3.63, 3.8) is 0 Å². The molecule has 0 bridgehead atoms. The second kappa shape index (κ2) is 5.30. The van der Waals surface area contributed by atoms with Gasteiger partial charge in [0.25, 0.3) is 10.0 Å². The van der Waals surface area contributed by atoms with Crippen LogP contribution in [-0.4, -0.2) is 18.6 Å². The number of hydrogen-bond donors (Lipinski definition) is 2. The van der Waals surface area contributed by atoms with Gasteiger partial charge in [0.2, 0.25) is 0 Å². The first kappa shape index (κ1) is 14.0. The maximum atomic E-state index is 13.3. The Kier molecular flexibility index (Phi) is 3.91. The fourth-order valence-electron chi connectivity index (χ4n) is 1.44. The van der Waals surface area contributed by atoms with Crippen molar-refractivity contribution in [2.45, 2.75) is 18.2 Å². The summed E-state index contributed by atoms with van der Waals surface area (Å²) in [6.07, 6.45) is 0.710. The van der Waals surface area contributed by atoms with Gasteiger partial charge in [-0.15, -0.1) is 0 Å². The Hall–Kier alpha value is -1.41. The lowest BCUT2D eigenvalue weighted by Gasteiger charge is -2.05. The van der Waals surface area contributed by atoms with Crippen LogP contribution < -0.4 is 4.72 Å². The highest BCUT2D eigenvalue weighted by Crippen LogP contribution is 2.21. The third-order valence-electron chi connectivity index (χ3n) is 2.45. The average Bonchev–Trinajstić information content (AvgIpc) is 2.79. The number of anilines is 1. The highest BCUT2D eigenvalue weighted by Gasteiger charge is 2.17. The fraction of sp³-hybridized carbons (Fsp3) is 0.182. The van der Waals surface area contributed by atoms with Crippen molar-refractivity contribution in [3.8, 4) is 0 Å². The Balaban J connectivity index is 2.29. The van der Waals surface area contributed by atoms with E-state index in [-0.39, 0.29) is 15.2 Å². The summed E-state index contributed by atoms with van der Waals surface area (Å²) in [5.74, 6) is -0.459. The molecule has 0 aliphatic rings. The number of aryl methyl sites for hydroxylation is 1. The molecule has 0 fully saturated rings. The van der Waals surface area contributed by atoms with E-state index in [1.54, 1.807) is 6.07 Å². The number of nitrogens with one attached hydrogen (secondary N) is 2. The molecule has 0 spiro atoms. The molecule has 0 atom stereocenters. The molecule has 2 aromatic rings. The van der Waals surface area contributed by atoms with Crippen LogP contribution in [0.25, 0.3) is 0 Å². The second-order valence-electron chi connectivity index (χ2n) is 3.81. The minimum Gasteiger partial charge on any atom is -0.280 e. The molecule has 1 aromatic carbocycles. The van der Waals surface area contributed by atoms with Gasteiger partial charge >= 0.3 is 0 Å². The molecule has 0 aliphatic heterocycles. The summed E-state index contributed by atoms with van der Waals surface area (Å²) in [5, 5.41) is 6.51. The van der Waals surface area contributed by atoms with E-state index in [9.17, 15) is 12.8 Å². The lowest BCUT2D eigenvalue weighted by molar-refractivity contribution is 0.593. The fourth-order valence-corrected chi connectivity index (χ4v) is 2.69. The van der Waals surface area contributed by atoms with E-state index in [1.807, 2.05) is 6.92 Å². The molecule has 8 heteroatoms. The number of H-pyrrole nitrogens is 1. The summed E-state index contributed by atoms with van der Waals surface area (Å²) in [5.41, 5.74) is 0.805. The number of rotatable bonds is 4. The highest BCUT2D eigenvalue weighted by atomic mass is 79.9. The molecule has 2 rings (SSSR count). The zero-order chi connectivity index (χ0) is 14.0. The van der Waals surface area contributed by atoms with Gasteiger partial charge in [-0.3, -0.25) is 9.82 Å². The van der Waals surface area contributed by atoms with Crippen LogP contribution in [-0.2, 0) is 16.4 Å². The van der Waals surface area contributed by atoms with Gasteiger partial charge in [-0.25, -0.2) is 12.8 Å². The number of hydrogen-bond acceptors (Lipinski definition) is 3. The van der Waals surface area contributed by atoms with Crippen molar-refractivity contribution in [3.05, 3.63) is 40.2 Å². The largest absolute Gasteiger partial charge is 0.280 e. The summed E-state index contributed by atoms with van der Waals surface area (Å²) < 4.78 is 39.9. The van der Waals surface area contributed by atoms with Crippen LogP contribution in [0.3, 0.4) is 0 Å². The van der Waals surface area contributed by atoms with Crippen molar-refractivity contribution in [1.82, 2.24) is 10.2 Å². The second-order valence-corrected chi connectivity index (χ2v) is 6.35. The summed E-state index contributed by atoms with van der Waals surface area (Å²) in [6, 6.07) is 5.18. The number of sulfonamides is 1. The van der Waals surface area contributed by atoms with Gasteiger partial charge in [0, 0.05) is 11.8 Å². The Morgan fingerprint density at radius 2 is 2.16 bits per heavy atom. The van der Waals surface area contributed by atoms with Crippen LogP contribution in [0, 0.1) is 5.82 Å². The standard InChI is InChI=1S/C11H11BrFN3O2S/c1-2-7-5-11(15-14-7)16-19(17,18)8-3-4-9(12)10(13)6-8/h3-6H,2H2,1H3,(H2,14,15,16). The van der Waals surface area contributed by atoms with Crippen molar-refractivity contribution in [1.29, 1.82) is 0 Å². The topological polar surface area (TPSA) is 74.8 Å². The zero-order valence-corrected chi connectivity index (χ0v) is 12.3. The average molecular weight is 348 g/mol. The third-order valence-corrected chi connectivity index (χ3v) is 4.45. The lowest BCUT2D eigenvalue weighted by Crippen LogP contribution is -2.13. The molecular formula is C11H11BrFN3O2S. The maximum absolute atomic E-state index is 13.3. The zero-order valence-electron chi connectivity index (χ0n) is 9.94. The smallest absolute Gasteiger partial charge is 0.263 e. The minimum atomic E-state index is -3.84. The van der Waals surface area contributed by atoms with Crippen LogP contribution in [0.2, 0.25) is 0 Å². The van der Waals surface area contributed by atoms with Gasteiger partial charge in [0.1, 0.15) is 5.82 Å². The lowest BCUT2D eigenvalue weighted by atomic mass is 10.3. The highest BCUT2D eigenvalue weighted by molar-refractivity contribution is 9.10. The molecule has 5 nitrogen and oxygen atoms in total. The van der Waals surface area contributed by atoms with Crippen molar-refractivity contribution >= 4 is 31.8 Å². The van der Waals surface area contributed by atoms with Crippen molar-refractivity contribution in [2.24, 2.45) is 0 Å². The molecule has 1 aromatic heterocycles. The summed E-state index contributed by atoms with van der Waals surface area (Å²) in [6.45, 7) is 1.91. The molecule has 2 N–H and O–H groups in total. The Morgan fingerprint density at radius 3 is 2.74 bits per heavy atom. The normalized spacial score (nSPS) is 11.5. The summed E-state index contributed by atoms with van der Waals surface area (Å²) in [7, 11) is -3.84. The van der Waals surface area contributed by atoms with Gasteiger partial charge in [-0.1, -0.05) is 6.92 Å². The monoisotopic (exact) mass is 347 g/mol. The molecule has 0 radical (unpaired) electrons. The molecule has 0 unspecified atom stereocenters. The Labute approximate surface area is 118 Å². The molecule has 0 saturated heterocycles. The maximum Gasteiger partial charge on any atom is 0.263 e. The first-order chi connectivity index (χ1) is 8.92. The number of nitrogens with zero attached hydrogens (tertiary/aromatic N) is 1. The van der Waals surface area contributed by atoms with Crippen molar-refractivity contribution < 1.29 is 12.8 Å². The van der Waals surface area contributed by atoms with E-state index in [0.717, 1.165) is 11.8 Å². The molecular weight excluding hydrogens is 337 g/mol. The molecule has 19 heavy (non-hydrogen) atoms. The van der Waals surface area contributed by atoms with Crippen LogP contribution in [0.1, 0.15) is 12.6 Å². The van der Waals surface area contributed by atoms with Gasteiger partial charge < -0.3 is 0 Å². The van der Waals surface area contributed by atoms with Crippen LogP contribution in [0.15, 0.2) is 33.6 Å². The molecule has 0 saturated carbocycles. The van der Waals surface area contributed by atoms with Crippen LogP contribution >= 0.6 is 15.9 Å².